The molecule has 0 aliphatic rings. The quantitative estimate of drug-likeness (QED) is 0.558. The third-order valence-corrected chi connectivity index (χ3v) is 6.21. The van der Waals surface area contributed by atoms with E-state index in [1.165, 1.54) is 5.56 Å². The van der Waals surface area contributed by atoms with Crippen LogP contribution in [0, 0.1) is 0 Å². The van der Waals surface area contributed by atoms with Crippen LogP contribution in [0.3, 0.4) is 0 Å². The van der Waals surface area contributed by atoms with Crippen molar-refractivity contribution in [3.8, 4) is 5.75 Å². The molecule has 3 nitrogen and oxygen atoms in total. The average molecular weight is 311 g/mol. The first-order valence-corrected chi connectivity index (χ1v) is 11.3. The molecule has 5 heteroatoms. The van der Waals surface area contributed by atoms with E-state index >= 15 is 0 Å². The summed E-state index contributed by atoms with van der Waals surface area (Å²) in [5.41, 5.74) is 1.37. The van der Waals surface area contributed by atoms with Crippen molar-refractivity contribution >= 4 is 18.3 Å². The highest BCUT2D eigenvalue weighted by atomic mass is 28.4. The van der Waals surface area contributed by atoms with E-state index in [2.05, 4.69) is 26.0 Å². The summed E-state index contributed by atoms with van der Waals surface area (Å²) in [4.78, 5) is 9.54. The second-order valence-corrected chi connectivity index (χ2v) is 10.0. The molecular formula is C15H26O3Si2. The van der Waals surface area contributed by atoms with Crippen molar-refractivity contribution < 1.29 is 13.6 Å². The fraction of sp³-hybridized carbons (Fsp3) is 0.600. The lowest BCUT2D eigenvalue weighted by Gasteiger charge is -2.14. The number of hydrogen-bond acceptors (Lipinski definition) is 3. The van der Waals surface area contributed by atoms with Gasteiger partial charge in [-0.05, 0) is 55.6 Å². The molecule has 0 amide bonds. The molecule has 1 N–H and O–H groups in total. The molecule has 1 atom stereocenters. The van der Waals surface area contributed by atoms with E-state index in [-0.39, 0.29) is 0 Å². The van der Waals surface area contributed by atoms with Crippen molar-refractivity contribution in [1.29, 1.82) is 0 Å². The molecule has 112 valence electrons. The van der Waals surface area contributed by atoms with Gasteiger partial charge in [0.25, 0.3) is 0 Å². The third kappa shape index (κ3) is 7.23. The Morgan fingerprint density at radius 1 is 1.25 bits per heavy atom. The Hall–Kier alpha value is -0.626. The molecule has 1 aromatic carbocycles. The zero-order chi connectivity index (χ0) is 15.0. The lowest BCUT2D eigenvalue weighted by molar-refractivity contribution is 0.315. The normalized spacial score (nSPS) is 13.2. The van der Waals surface area contributed by atoms with Crippen molar-refractivity contribution in [3.05, 3.63) is 29.8 Å². The lowest BCUT2D eigenvalue weighted by Crippen LogP contribution is -2.31. The van der Waals surface area contributed by atoms with Gasteiger partial charge in [-0.1, -0.05) is 26.0 Å². The molecule has 2 radical (unpaired) electrons. The minimum Gasteiger partial charge on any atom is -0.494 e. The number of rotatable bonds is 9. The highest BCUT2D eigenvalue weighted by Crippen LogP contribution is 2.21. The van der Waals surface area contributed by atoms with Gasteiger partial charge < -0.3 is 13.6 Å². The summed E-state index contributed by atoms with van der Waals surface area (Å²) in [5, 5.41) is 0. The summed E-state index contributed by atoms with van der Waals surface area (Å²) >= 11 is 0. The van der Waals surface area contributed by atoms with Gasteiger partial charge in [0.05, 0.1) is 6.61 Å². The van der Waals surface area contributed by atoms with E-state index in [4.69, 9.17) is 8.85 Å². The number of hydrogen-bond donors (Lipinski definition) is 1. The first-order chi connectivity index (χ1) is 9.42. The van der Waals surface area contributed by atoms with Crippen LogP contribution in [0.15, 0.2) is 24.3 Å². The molecule has 0 aromatic heterocycles. The summed E-state index contributed by atoms with van der Waals surface area (Å²) in [7, 11) is -1.95. The predicted molar refractivity (Wildman–Crippen MR) is 86.6 cm³/mol. The van der Waals surface area contributed by atoms with Crippen molar-refractivity contribution in [2.75, 3.05) is 6.61 Å². The Morgan fingerprint density at radius 2 is 1.90 bits per heavy atom. The first-order valence-electron chi connectivity index (χ1n) is 7.28. The summed E-state index contributed by atoms with van der Waals surface area (Å²) in [6.45, 7) is 8.72. The molecule has 0 bridgehead atoms. The van der Waals surface area contributed by atoms with E-state index in [0.29, 0.717) is 22.3 Å². The Bertz CT molecular complexity index is 374. The highest BCUT2D eigenvalue weighted by molar-refractivity contribution is 6.68. The maximum Gasteiger partial charge on any atom is 0.318 e. The van der Waals surface area contributed by atoms with Crippen LogP contribution in [-0.4, -0.2) is 29.7 Å². The van der Waals surface area contributed by atoms with Crippen LogP contribution < -0.4 is 4.74 Å². The monoisotopic (exact) mass is 310 g/mol. The van der Waals surface area contributed by atoms with Gasteiger partial charge in [-0.25, -0.2) is 0 Å². The van der Waals surface area contributed by atoms with Crippen molar-refractivity contribution in [3.63, 3.8) is 0 Å². The second-order valence-electron chi connectivity index (χ2n) is 5.52. The van der Waals surface area contributed by atoms with Crippen LogP contribution in [0.5, 0.6) is 5.75 Å². The van der Waals surface area contributed by atoms with Crippen LogP contribution >= 0.6 is 0 Å². The highest BCUT2D eigenvalue weighted by Gasteiger charge is 2.17. The standard InChI is InChI=1S/C15H26O3Si2/c1-5-13(2)14-7-9-15(10-8-14)17-11-6-12-19-18-20(3,4)16/h7-10,13,16H,5-6,11-12H2,1-4H3. The molecule has 20 heavy (non-hydrogen) atoms. The number of benzene rings is 1. The van der Waals surface area contributed by atoms with Crippen molar-refractivity contribution in [1.82, 2.24) is 0 Å². The van der Waals surface area contributed by atoms with Crippen LogP contribution in [0.1, 0.15) is 38.2 Å². The number of ether oxygens (including phenoxy) is 1. The van der Waals surface area contributed by atoms with E-state index < -0.39 is 8.56 Å². The third-order valence-electron chi connectivity index (χ3n) is 3.08. The maximum absolute atomic E-state index is 9.54. The molecule has 1 unspecified atom stereocenters. The van der Waals surface area contributed by atoms with Crippen molar-refractivity contribution in [2.24, 2.45) is 0 Å². The van der Waals surface area contributed by atoms with Crippen LogP contribution in [0.25, 0.3) is 0 Å². The zero-order valence-electron chi connectivity index (χ0n) is 13.0. The first kappa shape index (κ1) is 17.4. The topological polar surface area (TPSA) is 38.7 Å². The van der Waals surface area contributed by atoms with Gasteiger partial charge >= 0.3 is 8.56 Å². The summed E-state index contributed by atoms with van der Waals surface area (Å²) < 4.78 is 11.1. The molecular weight excluding hydrogens is 284 g/mol. The van der Waals surface area contributed by atoms with Gasteiger partial charge in [0, 0.05) is 0 Å². The summed E-state index contributed by atoms with van der Waals surface area (Å²) in [5.74, 6) is 1.53. The van der Waals surface area contributed by atoms with Gasteiger partial charge in [-0.15, -0.1) is 0 Å². The molecule has 0 saturated carbocycles. The van der Waals surface area contributed by atoms with Crippen LogP contribution in [-0.2, 0) is 4.12 Å². The van der Waals surface area contributed by atoms with Gasteiger partial charge in [-0.2, -0.15) is 0 Å². The zero-order valence-corrected chi connectivity index (χ0v) is 15.0. The van der Waals surface area contributed by atoms with E-state index in [1.54, 1.807) is 13.1 Å². The van der Waals surface area contributed by atoms with Gasteiger partial charge in [0.1, 0.15) is 5.75 Å². The molecule has 0 fully saturated rings. The molecule has 1 rings (SSSR count). The van der Waals surface area contributed by atoms with Gasteiger partial charge in [0.15, 0.2) is 0 Å². The minimum absolute atomic E-state index is 0.377. The smallest absolute Gasteiger partial charge is 0.318 e. The van der Waals surface area contributed by atoms with E-state index in [9.17, 15) is 4.80 Å². The molecule has 0 aliphatic heterocycles. The second kappa shape index (κ2) is 8.61. The summed E-state index contributed by atoms with van der Waals surface area (Å²) in [6.07, 6.45) is 2.11. The minimum atomic E-state index is -2.33. The van der Waals surface area contributed by atoms with Crippen molar-refractivity contribution in [2.45, 2.75) is 51.7 Å². The fourth-order valence-corrected chi connectivity index (χ4v) is 3.80. The Balaban J connectivity index is 2.19. The largest absolute Gasteiger partial charge is 0.494 e. The Morgan fingerprint density at radius 3 is 2.45 bits per heavy atom. The van der Waals surface area contributed by atoms with Gasteiger partial charge in [-0.3, -0.25) is 0 Å². The molecule has 0 aliphatic carbocycles. The summed E-state index contributed by atoms with van der Waals surface area (Å²) in [6, 6.07) is 9.33. The molecule has 1 aromatic rings. The maximum atomic E-state index is 9.54. The van der Waals surface area contributed by atoms with Crippen LogP contribution in [0.4, 0.5) is 0 Å². The Labute approximate surface area is 126 Å². The molecule has 0 spiro atoms. The lowest BCUT2D eigenvalue weighted by atomic mass is 9.99. The van der Waals surface area contributed by atoms with E-state index in [0.717, 1.165) is 24.6 Å². The SMILES string of the molecule is CCC(C)c1ccc(OCCC[Si]O[Si](C)(C)O)cc1. The van der Waals surface area contributed by atoms with Crippen LogP contribution in [0.2, 0.25) is 19.1 Å². The predicted octanol–water partition coefficient (Wildman–Crippen LogP) is 3.72. The average Bonchev–Trinajstić information content (AvgIpc) is 2.41. The molecule has 0 heterocycles. The van der Waals surface area contributed by atoms with E-state index in [1.807, 2.05) is 12.1 Å². The Kier molecular flexibility index (Phi) is 7.51. The van der Waals surface area contributed by atoms with Gasteiger partial charge in [0.2, 0.25) is 9.76 Å². The fourth-order valence-electron chi connectivity index (χ4n) is 1.69. The molecule has 0 saturated heterocycles.